The zero-order valence-electron chi connectivity index (χ0n) is 17.5. The molecule has 2 heterocycles. The number of nitrogens with zero attached hydrogens (tertiary/aromatic N) is 4. The number of imidazole rings is 1. The van der Waals surface area contributed by atoms with E-state index in [1.54, 1.807) is 30.0 Å². The summed E-state index contributed by atoms with van der Waals surface area (Å²) in [5.74, 6) is 0.374. The summed E-state index contributed by atoms with van der Waals surface area (Å²) in [5.41, 5.74) is 5.78. The van der Waals surface area contributed by atoms with Gasteiger partial charge in [0.25, 0.3) is 0 Å². The molecule has 0 fully saturated rings. The summed E-state index contributed by atoms with van der Waals surface area (Å²) in [5, 5.41) is 10.9. The zero-order chi connectivity index (χ0) is 22.5. The molecule has 5 rings (SSSR count). The predicted octanol–water partition coefficient (Wildman–Crippen LogP) is 3.81. The molecule has 10 heteroatoms. The van der Waals surface area contributed by atoms with Gasteiger partial charge in [-0.1, -0.05) is 11.8 Å². The van der Waals surface area contributed by atoms with E-state index in [9.17, 15) is 12.8 Å². The zero-order valence-corrected chi connectivity index (χ0v) is 19.1. The van der Waals surface area contributed by atoms with E-state index in [4.69, 9.17) is 10.2 Å². The van der Waals surface area contributed by atoms with Crippen molar-refractivity contribution in [3.05, 3.63) is 65.2 Å². The van der Waals surface area contributed by atoms with Crippen LogP contribution >= 0.6 is 11.8 Å². The topological polar surface area (TPSA) is 95.8 Å². The number of aromatic nitrogens is 4. The molecular weight excluding hydrogens is 449 g/mol. The number of rotatable bonds is 6. The summed E-state index contributed by atoms with van der Waals surface area (Å²) >= 11 is 1.58. The van der Waals surface area contributed by atoms with Crippen LogP contribution in [0.5, 0.6) is 0 Å². The van der Waals surface area contributed by atoms with Crippen molar-refractivity contribution in [1.29, 1.82) is 0 Å². The van der Waals surface area contributed by atoms with Crippen LogP contribution in [-0.4, -0.2) is 27.7 Å². The highest BCUT2D eigenvalue weighted by Gasteiger charge is 2.24. The van der Waals surface area contributed by atoms with Crippen LogP contribution in [0.25, 0.3) is 16.7 Å². The number of sulfonamides is 1. The van der Waals surface area contributed by atoms with Gasteiger partial charge in [0.2, 0.25) is 10.0 Å². The first-order valence-electron chi connectivity index (χ1n) is 10.4. The number of fused-ring (bicyclic) bond motifs is 2. The van der Waals surface area contributed by atoms with Gasteiger partial charge in [0.1, 0.15) is 5.82 Å². The van der Waals surface area contributed by atoms with Crippen LogP contribution in [0.3, 0.4) is 0 Å². The van der Waals surface area contributed by atoms with Crippen molar-refractivity contribution < 1.29 is 12.8 Å². The summed E-state index contributed by atoms with van der Waals surface area (Å²) < 4.78 is 40.7. The average Bonchev–Trinajstić information content (AvgIpc) is 3.45. The van der Waals surface area contributed by atoms with Gasteiger partial charge in [-0.2, -0.15) is 5.10 Å². The molecule has 2 aromatic carbocycles. The van der Waals surface area contributed by atoms with E-state index in [-0.39, 0.29) is 10.7 Å². The molecule has 166 valence electrons. The summed E-state index contributed by atoms with van der Waals surface area (Å²) in [7, 11) is -3.79. The van der Waals surface area contributed by atoms with Gasteiger partial charge in [0, 0.05) is 18.0 Å². The lowest BCUT2D eigenvalue weighted by atomic mass is 10.2. The van der Waals surface area contributed by atoms with Crippen LogP contribution < -0.4 is 5.14 Å². The maximum absolute atomic E-state index is 13.4. The Morgan fingerprint density at radius 1 is 1.16 bits per heavy atom. The maximum atomic E-state index is 13.4. The van der Waals surface area contributed by atoms with Crippen molar-refractivity contribution >= 4 is 32.8 Å². The Kier molecular flexibility index (Phi) is 5.31. The quantitative estimate of drug-likeness (QED) is 0.432. The van der Waals surface area contributed by atoms with E-state index < -0.39 is 10.0 Å². The Balaban J connectivity index is 1.47. The van der Waals surface area contributed by atoms with Crippen molar-refractivity contribution in [2.75, 3.05) is 0 Å². The molecule has 0 aliphatic heterocycles. The first-order valence-corrected chi connectivity index (χ1v) is 12.9. The van der Waals surface area contributed by atoms with Gasteiger partial charge in [0.05, 0.1) is 27.3 Å². The van der Waals surface area contributed by atoms with Gasteiger partial charge >= 0.3 is 0 Å². The van der Waals surface area contributed by atoms with Crippen molar-refractivity contribution in [2.45, 2.75) is 48.5 Å². The van der Waals surface area contributed by atoms with E-state index >= 15 is 0 Å². The Bertz CT molecular complexity index is 1430. The molecule has 4 aromatic rings. The number of primary sulfonamides is 1. The average molecular weight is 472 g/mol. The first-order chi connectivity index (χ1) is 15.3. The molecule has 0 spiro atoms. The first kappa shape index (κ1) is 21.2. The SMILES string of the molecule is CCn1c(SCc2nn(-c3ccc(F)cc3)c3c2CCC3)nc2cc(S(N)(=O)=O)ccc21. The highest BCUT2D eigenvalue weighted by atomic mass is 32.2. The number of halogens is 1. The number of thioether (sulfide) groups is 1. The minimum atomic E-state index is -3.79. The van der Waals surface area contributed by atoms with E-state index in [1.807, 2.05) is 11.6 Å². The van der Waals surface area contributed by atoms with Crippen molar-refractivity contribution in [3.63, 3.8) is 0 Å². The minimum absolute atomic E-state index is 0.0539. The molecule has 0 saturated heterocycles. The van der Waals surface area contributed by atoms with Gasteiger partial charge in [-0.15, -0.1) is 0 Å². The monoisotopic (exact) mass is 471 g/mol. The fraction of sp³-hybridized carbons (Fsp3) is 0.273. The molecular formula is C22H22FN5O2S2. The number of nitrogens with two attached hydrogens (primary N) is 1. The number of hydrogen-bond acceptors (Lipinski definition) is 5. The minimum Gasteiger partial charge on any atom is -0.319 e. The Hall–Kier alpha value is -2.69. The van der Waals surface area contributed by atoms with Gasteiger partial charge in [0.15, 0.2) is 5.16 Å². The summed E-state index contributed by atoms with van der Waals surface area (Å²) in [6, 6.07) is 11.2. The van der Waals surface area contributed by atoms with Crippen LogP contribution in [0.2, 0.25) is 0 Å². The molecule has 1 aliphatic carbocycles. The predicted molar refractivity (Wildman–Crippen MR) is 122 cm³/mol. The fourth-order valence-electron chi connectivity index (χ4n) is 4.24. The summed E-state index contributed by atoms with van der Waals surface area (Å²) in [6.45, 7) is 2.73. The second kappa shape index (κ2) is 8.02. The highest BCUT2D eigenvalue weighted by molar-refractivity contribution is 7.98. The second-order valence-corrected chi connectivity index (χ2v) is 10.2. The molecule has 0 radical (unpaired) electrons. The smallest absolute Gasteiger partial charge is 0.238 e. The normalized spacial score (nSPS) is 13.7. The van der Waals surface area contributed by atoms with Crippen molar-refractivity contribution in [2.24, 2.45) is 5.14 Å². The largest absolute Gasteiger partial charge is 0.319 e. The molecule has 7 nitrogen and oxygen atoms in total. The van der Waals surface area contributed by atoms with E-state index in [0.29, 0.717) is 17.8 Å². The number of hydrogen-bond donors (Lipinski definition) is 1. The van der Waals surface area contributed by atoms with E-state index in [1.165, 1.54) is 35.5 Å². The Morgan fingerprint density at radius 3 is 2.66 bits per heavy atom. The van der Waals surface area contributed by atoms with Crippen LogP contribution in [0, 0.1) is 5.82 Å². The van der Waals surface area contributed by atoms with Crippen molar-refractivity contribution in [1.82, 2.24) is 19.3 Å². The summed E-state index contributed by atoms with van der Waals surface area (Å²) in [6.07, 6.45) is 3.01. The van der Waals surface area contributed by atoms with Crippen LogP contribution in [0.1, 0.15) is 30.3 Å². The molecule has 2 N–H and O–H groups in total. The lowest BCUT2D eigenvalue weighted by Gasteiger charge is -2.06. The molecule has 0 bridgehead atoms. The lowest BCUT2D eigenvalue weighted by Crippen LogP contribution is -2.11. The maximum Gasteiger partial charge on any atom is 0.238 e. The highest BCUT2D eigenvalue weighted by Crippen LogP contribution is 2.33. The molecule has 0 amide bonds. The molecule has 0 atom stereocenters. The molecule has 1 aliphatic rings. The van der Waals surface area contributed by atoms with Crippen LogP contribution in [0.4, 0.5) is 4.39 Å². The summed E-state index contributed by atoms with van der Waals surface area (Å²) in [4.78, 5) is 4.72. The fourth-order valence-corrected chi connectivity index (χ4v) is 5.82. The molecule has 2 aromatic heterocycles. The third kappa shape index (κ3) is 3.72. The number of benzene rings is 2. The van der Waals surface area contributed by atoms with Gasteiger partial charge in [-0.3, -0.25) is 0 Å². The third-order valence-corrected chi connectivity index (χ3v) is 7.65. The molecule has 0 saturated carbocycles. The molecule has 0 unspecified atom stereocenters. The van der Waals surface area contributed by atoms with Crippen molar-refractivity contribution in [3.8, 4) is 5.69 Å². The standard InChI is InChI=1S/C22H22FN5O2S2/c1-2-27-21-11-10-16(32(24,29)30)12-18(21)25-22(27)31-13-19-17-4-3-5-20(17)28(26-19)15-8-6-14(23)7-9-15/h6-12H,2-5,13H2,1H3,(H2,24,29,30). The van der Waals surface area contributed by atoms with E-state index in [2.05, 4.69) is 9.55 Å². The van der Waals surface area contributed by atoms with Gasteiger partial charge in [-0.05, 0) is 74.2 Å². The van der Waals surface area contributed by atoms with E-state index in [0.717, 1.165) is 41.3 Å². The van der Waals surface area contributed by atoms with Gasteiger partial charge in [-0.25, -0.2) is 27.6 Å². The van der Waals surface area contributed by atoms with Crippen LogP contribution in [-0.2, 0) is 35.2 Å². The number of aryl methyl sites for hydroxylation is 1. The Labute approximate surface area is 189 Å². The Morgan fingerprint density at radius 2 is 1.94 bits per heavy atom. The molecule has 32 heavy (non-hydrogen) atoms. The van der Waals surface area contributed by atoms with Gasteiger partial charge < -0.3 is 4.57 Å². The second-order valence-electron chi connectivity index (χ2n) is 7.74. The van der Waals surface area contributed by atoms with Crippen LogP contribution in [0.15, 0.2) is 52.5 Å². The third-order valence-electron chi connectivity index (χ3n) is 5.75. The lowest BCUT2D eigenvalue weighted by molar-refractivity contribution is 0.598.